The van der Waals surface area contributed by atoms with E-state index in [9.17, 15) is 9.90 Å². The molecular formula is C26H40ClN3O4. The van der Waals surface area contributed by atoms with Crippen LogP contribution in [-0.2, 0) is 15.9 Å². The van der Waals surface area contributed by atoms with Gasteiger partial charge in [-0.15, -0.1) is 6.58 Å². The molecule has 2 aliphatic rings. The van der Waals surface area contributed by atoms with Crippen LogP contribution in [0.3, 0.4) is 0 Å². The zero-order chi connectivity index (χ0) is 24.9. The fourth-order valence-electron chi connectivity index (χ4n) is 4.86. The molecule has 1 amide bonds. The highest BCUT2D eigenvalue weighted by molar-refractivity contribution is 6.30. The predicted molar refractivity (Wildman–Crippen MR) is 135 cm³/mol. The van der Waals surface area contributed by atoms with E-state index in [0.29, 0.717) is 19.2 Å². The molecule has 1 aromatic carbocycles. The third-order valence-electron chi connectivity index (χ3n) is 6.54. The van der Waals surface area contributed by atoms with Crippen molar-refractivity contribution in [3.05, 3.63) is 47.5 Å². The molecule has 2 heterocycles. The molecule has 2 fully saturated rings. The SMILES string of the molecule is C=CCOC(O)N1CCC(N2C[C@H](C)N(C(=O)OC(C)(C)C)C[C@@H]2Cc2ccc(Cl)cc2)CC1. The Kier molecular flexibility index (Phi) is 9.41. The molecular weight excluding hydrogens is 454 g/mol. The first-order chi connectivity index (χ1) is 16.1. The number of benzene rings is 1. The molecule has 0 bridgehead atoms. The summed E-state index contributed by atoms with van der Waals surface area (Å²) < 4.78 is 11.1. The van der Waals surface area contributed by atoms with Crippen molar-refractivity contribution in [3.63, 3.8) is 0 Å². The van der Waals surface area contributed by atoms with Gasteiger partial charge in [-0.05, 0) is 64.7 Å². The Hall–Kier alpha value is -1.64. The van der Waals surface area contributed by atoms with Gasteiger partial charge in [-0.1, -0.05) is 29.8 Å². The van der Waals surface area contributed by atoms with Gasteiger partial charge in [0.05, 0.1) is 6.61 Å². The van der Waals surface area contributed by atoms with E-state index in [1.54, 1.807) is 6.08 Å². The number of rotatable bonds is 7. The fourth-order valence-corrected chi connectivity index (χ4v) is 4.99. The number of hydrogen-bond donors (Lipinski definition) is 1. The number of piperazine rings is 1. The maximum absolute atomic E-state index is 13.0. The van der Waals surface area contributed by atoms with Gasteiger partial charge in [0.2, 0.25) is 6.41 Å². The van der Waals surface area contributed by atoms with E-state index >= 15 is 0 Å². The smallest absolute Gasteiger partial charge is 0.410 e. The molecule has 3 atom stereocenters. The van der Waals surface area contributed by atoms with E-state index in [1.165, 1.54) is 5.56 Å². The van der Waals surface area contributed by atoms with E-state index in [4.69, 9.17) is 21.1 Å². The molecule has 0 radical (unpaired) electrons. The molecule has 2 aliphatic heterocycles. The summed E-state index contributed by atoms with van der Waals surface area (Å²) in [6, 6.07) is 8.56. The van der Waals surface area contributed by atoms with Crippen molar-refractivity contribution in [1.82, 2.24) is 14.7 Å². The van der Waals surface area contributed by atoms with Gasteiger partial charge in [-0.25, -0.2) is 4.79 Å². The maximum atomic E-state index is 13.0. The van der Waals surface area contributed by atoms with Crippen LogP contribution in [0.4, 0.5) is 4.79 Å². The lowest BCUT2D eigenvalue weighted by Crippen LogP contribution is -2.63. The van der Waals surface area contributed by atoms with Crippen LogP contribution in [-0.4, -0.2) is 88.8 Å². The van der Waals surface area contributed by atoms with Crippen LogP contribution >= 0.6 is 11.6 Å². The summed E-state index contributed by atoms with van der Waals surface area (Å²) in [6.45, 7) is 14.7. The number of nitrogens with zero attached hydrogens (tertiary/aromatic N) is 3. The summed E-state index contributed by atoms with van der Waals surface area (Å²) in [5, 5.41) is 11.0. The zero-order valence-corrected chi connectivity index (χ0v) is 21.7. The summed E-state index contributed by atoms with van der Waals surface area (Å²) >= 11 is 6.10. The van der Waals surface area contributed by atoms with Gasteiger partial charge in [-0.3, -0.25) is 9.80 Å². The van der Waals surface area contributed by atoms with Crippen LogP contribution < -0.4 is 0 Å². The van der Waals surface area contributed by atoms with Crippen LogP contribution in [0.25, 0.3) is 0 Å². The lowest BCUT2D eigenvalue weighted by molar-refractivity contribution is -0.195. The Labute approximate surface area is 209 Å². The highest BCUT2D eigenvalue weighted by Crippen LogP contribution is 2.28. The fraction of sp³-hybridized carbons (Fsp3) is 0.654. The van der Waals surface area contributed by atoms with Gasteiger partial charge in [-0.2, -0.15) is 0 Å². The number of carbonyl (C=O) groups excluding carboxylic acids is 1. The van der Waals surface area contributed by atoms with E-state index in [-0.39, 0.29) is 18.2 Å². The molecule has 1 unspecified atom stereocenters. The van der Waals surface area contributed by atoms with Gasteiger partial charge >= 0.3 is 6.09 Å². The highest BCUT2D eigenvalue weighted by atomic mass is 35.5. The summed E-state index contributed by atoms with van der Waals surface area (Å²) in [7, 11) is 0. The van der Waals surface area contributed by atoms with Crippen LogP contribution in [0.15, 0.2) is 36.9 Å². The van der Waals surface area contributed by atoms with Gasteiger partial charge in [0, 0.05) is 49.3 Å². The molecule has 0 aromatic heterocycles. The number of halogens is 1. The first kappa shape index (κ1) is 27.0. The number of piperidine rings is 1. The second-order valence-electron chi connectivity index (χ2n) is 10.4. The Morgan fingerprint density at radius 2 is 1.88 bits per heavy atom. The van der Waals surface area contributed by atoms with E-state index in [2.05, 4.69) is 30.5 Å². The standard InChI is InChI=1S/C26H40ClN3O4/c1-6-15-33-24(31)28-13-11-22(12-14-28)30-17-19(2)29(25(32)34-26(3,4)5)18-23(30)16-20-7-9-21(27)10-8-20/h6-10,19,22-24,31H,1,11-18H2,2-5H3/t19-,23-,24?/m0/s1. The molecule has 3 rings (SSSR count). The van der Waals surface area contributed by atoms with Gasteiger partial charge in [0.25, 0.3) is 0 Å². The minimum Gasteiger partial charge on any atom is -0.444 e. The van der Waals surface area contributed by atoms with E-state index in [1.807, 2.05) is 42.7 Å². The lowest BCUT2D eigenvalue weighted by atomic mass is 9.94. The Balaban J connectivity index is 1.72. The second kappa shape index (κ2) is 11.9. The average molecular weight is 494 g/mol. The Bertz CT molecular complexity index is 805. The van der Waals surface area contributed by atoms with Crippen LogP contribution in [0.2, 0.25) is 5.02 Å². The number of aliphatic hydroxyl groups is 1. The highest BCUT2D eigenvalue weighted by Gasteiger charge is 2.40. The minimum absolute atomic E-state index is 0.0517. The molecule has 0 spiro atoms. The summed E-state index contributed by atoms with van der Waals surface area (Å²) in [5.41, 5.74) is 0.671. The van der Waals surface area contributed by atoms with Crippen LogP contribution in [0, 0.1) is 0 Å². The van der Waals surface area contributed by atoms with E-state index in [0.717, 1.165) is 43.9 Å². The van der Waals surface area contributed by atoms with Crippen molar-refractivity contribution >= 4 is 17.7 Å². The molecule has 8 heteroatoms. The first-order valence-electron chi connectivity index (χ1n) is 12.2. The number of ether oxygens (including phenoxy) is 2. The third-order valence-corrected chi connectivity index (χ3v) is 6.79. The van der Waals surface area contributed by atoms with Crippen LogP contribution in [0.5, 0.6) is 0 Å². The summed E-state index contributed by atoms with van der Waals surface area (Å²) in [5.74, 6) is 0. The van der Waals surface area contributed by atoms with Crippen molar-refractivity contribution in [2.75, 3.05) is 32.8 Å². The normalized spacial score (nSPS) is 24.1. The summed E-state index contributed by atoms with van der Waals surface area (Å²) in [6.07, 6.45) is 3.19. The monoisotopic (exact) mass is 493 g/mol. The molecule has 1 N–H and O–H groups in total. The number of carbonyl (C=O) groups is 1. The Morgan fingerprint density at radius 3 is 2.47 bits per heavy atom. The van der Waals surface area contributed by atoms with Gasteiger partial charge in [0.1, 0.15) is 5.60 Å². The van der Waals surface area contributed by atoms with Crippen molar-refractivity contribution in [2.45, 2.75) is 77.1 Å². The molecule has 34 heavy (non-hydrogen) atoms. The van der Waals surface area contributed by atoms with Crippen molar-refractivity contribution in [3.8, 4) is 0 Å². The van der Waals surface area contributed by atoms with Crippen LogP contribution in [0.1, 0.15) is 46.1 Å². The molecule has 7 nitrogen and oxygen atoms in total. The molecule has 0 aliphatic carbocycles. The largest absolute Gasteiger partial charge is 0.444 e. The van der Waals surface area contributed by atoms with Crippen molar-refractivity contribution in [2.24, 2.45) is 0 Å². The van der Waals surface area contributed by atoms with Gasteiger partial charge in [0.15, 0.2) is 0 Å². The van der Waals surface area contributed by atoms with Gasteiger partial charge < -0.3 is 19.5 Å². The van der Waals surface area contributed by atoms with Crippen molar-refractivity contribution < 1.29 is 19.4 Å². The quantitative estimate of drug-likeness (QED) is 0.455. The minimum atomic E-state index is -0.897. The summed E-state index contributed by atoms with van der Waals surface area (Å²) in [4.78, 5) is 19.4. The number of aliphatic hydroxyl groups excluding tert-OH is 1. The van der Waals surface area contributed by atoms with E-state index < -0.39 is 12.0 Å². The molecule has 1 aromatic rings. The molecule has 2 saturated heterocycles. The first-order valence-corrected chi connectivity index (χ1v) is 12.6. The number of amides is 1. The lowest BCUT2D eigenvalue weighted by Gasteiger charge is -2.50. The predicted octanol–water partition coefficient (Wildman–Crippen LogP) is 4.14. The number of hydrogen-bond acceptors (Lipinski definition) is 6. The average Bonchev–Trinajstić information content (AvgIpc) is 2.78. The number of likely N-dealkylation sites (tertiary alicyclic amines) is 1. The second-order valence-corrected chi connectivity index (χ2v) is 10.8. The third kappa shape index (κ3) is 7.43. The molecule has 0 saturated carbocycles. The van der Waals surface area contributed by atoms with Crippen molar-refractivity contribution in [1.29, 1.82) is 0 Å². The zero-order valence-electron chi connectivity index (χ0n) is 21.0. The Morgan fingerprint density at radius 1 is 1.24 bits per heavy atom. The maximum Gasteiger partial charge on any atom is 0.410 e. The molecule has 190 valence electrons. The topological polar surface area (TPSA) is 65.5 Å².